The molecule has 4 N–H and O–H groups in total. The molecule has 0 aliphatic heterocycles. The predicted molar refractivity (Wildman–Crippen MR) is 135 cm³/mol. The summed E-state index contributed by atoms with van der Waals surface area (Å²) in [6.45, 7) is 3.42. The van der Waals surface area contributed by atoms with Crippen LogP contribution in [0.1, 0.15) is 56.3 Å². The Balaban J connectivity index is 1.39. The smallest absolute Gasteiger partial charge is 0.250 e. The van der Waals surface area contributed by atoms with Gasteiger partial charge in [-0.3, -0.25) is 4.98 Å². The summed E-state index contributed by atoms with van der Waals surface area (Å²) in [5, 5.41) is 28.1. The number of aliphatic hydroxyl groups is 2. The van der Waals surface area contributed by atoms with E-state index in [-0.39, 0.29) is 6.42 Å². The maximum atomic E-state index is 14.1. The van der Waals surface area contributed by atoms with Gasteiger partial charge in [-0.25, -0.2) is 18.7 Å². The molecule has 3 heterocycles. The predicted octanol–water partition coefficient (Wildman–Crippen LogP) is 4.33. The van der Waals surface area contributed by atoms with Crippen molar-refractivity contribution in [2.45, 2.75) is 76.0 Å². The summed E-state index contributed by atoms with van der Waals surface area (Å²) in [4.78, 5) is 18.9. The van der Waals surface area contributed by atoms with E-state index < -0.39 is 30.1 Å². The number of nitrogens with one attached hydrogen (secondary N) is 2. The third-order valence-electron chi connectivity index (χ3n) is 7.50. The quantitative estimate of drug-likeness (QED) is 0.350. The Morgan fingerprint density at radius 3 is 2.56 bits per heavy atom. The Morgan fingerprint density at radius 1 is 1.11 bits per heavy atom. The first-order valence-electron chi connectivity index (χ1n) is 12.6. The molecule has 11 heteroatoms. The lowest BCUT2D eigenvalue weighted by atomic mass is 9.98. The molecule has 6 rings (SSSR count). The van der Waals surface area contributed by atoms with Crippen LogP contribution in [0.2, 0.25) is 0 Å². The van der Waals surface area contributed by atoms with Gasteiger partial charge in [-0.05, 0) is 57.9 Å². The molecular formula is C25H30F2N6O2S. The van der Waals surface area contributed by atoms with Crippen LogP contribution in [0.25, 0.3) is 20.8 Å². The van der Waals surface area contributed by atoms with Gasteiger partial charge in [-0.1, -0.05) is 0 Å². The minimum Gasteiger partial charge on any atom is -0.390 e. The molecule has 0 radical (unpaired) electrons. The van der Waals surface area contributed by atoms with Crippen molar-refractivity contribution in [3.63, 3.8) is 0 Å². The number of hydrogen-bond donors (Lipinski definition) is 4. The second-order valence-electron chi connectivity index (χ2n) is 10.5. The molecule has 3 aliphatic rings. The second kappa shape index (κ2) is 8.81. The number of fused-ring (bicyclic) bond motifs is 1. The molecule has 0 amide bonds. The van der Waals surface area contributed by atoms with Crippen molar-refractivity contribution < 1.29 is 19.0 Å². The van der Waals surface area contributed by atoms with Crippen molar-refractivity contribution in [2.24, 2.45) is 11.8 Å². The molecule has 0 aromatic carbocycles. The number of halogens is 2. The van der Waals surface area contributed by atoms with E-state index in [9.17, 15) is 19.0 Å². The van der Waals surface area contributed by atoms with E-state index in [1.807, 2.05) is 19.2 Å². The van der Waals surface area contributed by atoms with Gasteiger partial charge in [0.2, 0.25) is 5.95 Å². The molecule has 0 spiro atoms. The summed E-state index contributed by atoms with van der Waals surface area (Å²) in [7, 11) is 0. The summed E-state index contributed by atoms with van der Waals surface area (Å²) in [6, 6.07) is 1.15. The average molecular weight is 517 g/mol. The standard InChI is InChI=1S/C25H30F2N6O2S/c1-11-17(23-32-19-16(36-23)7-8-28-18(19)13-5-6-13)22(33-24(30-11)29-10-12-3-4-12)31-15-9-14(25(2,26)27)20(34)21(15)35/h7-8,12-15,20-21,34-35H,3-6,9-10H2,1-2H3,(H2,29,30,31,33). The second-order valence-corrected chi connectivity index (χ2v) is 11.6. The van der Waals surface area contributed by atoms with Crippen molar-refractivity contribution in [1.82, 2.24) is 19.9 Å². The molecule has 3 fully saturated rings. The van der Waals surface area contributed by atoms with Crippen LogP contribution in [0.3, 0.4) is 0 Å². The van der Waals surface area contributed by atoms with Crippen LogP contribution < -0.4 is 10.6 Å². The van der Waals surface area contributed by atoms with Gasteiger partial charge in [0.05, 0.1) is 39.7 Å². The lowest BCUT2D eigenvalue weighted by molar-refractivity contribution is -0.0950. The van der Waals surface area contributed by atoms with E-state index in [4.69, 9.17) is 9.97 Å². The number of thiazole rings is 1. The number of aromatic nitrogens is 4. The SMILES string of the molecule is Cc1nc(NCC2CC2)nc(NC2CC(C(C)(F)F)C(O)C2O)c1-c1nc2c(C3CC3)nccc2s1. The lowest BCUT2D eigenvalue weighted by Gasteiger charge is -2.22. The Labute approximate surface area is 211 Å². The molecule has 36 heavy (non-hydrogen) atoms. The number of alkyl halides is 2. The Bertz CT molecular complexity index is 1290. The van der Waals surface area contributed by atoms with Crippen molar-refractivity contribution in [3.05, 3.63) is 23.7 Å². The van der Waals surface area contributed by atoms with Gasteiger partial charge < -0.3 is 20.8 Å². The first kappa shape index (κ1) is 23.9. The van der Waals surface area contributed by atoms with Gasteiger partial charge >= 0.3 is 0 Å². The van der Waals surface area contributed by atoms with Crippen LogP contribution >= 0.6 is 11.3 Å². The van der Waals surface area contributed by atoms with Gasteiger partial charge in [0.1, 0.15) is 22.4 Å². The van der Waals surface area contributed by atoms with Gasteiger partial charge in [-0.2, -0.15) is 4.98 Å². The molecule has 0 saturated heterocycles. The molecule has 4 unspecified atom stereocenters. The van der Waals surface area contributed by atoms with Crippen LogP contribution in [0.4, 0.5) is 20.5 Å². The van der Waals surface area contributed by atoms with Gasteiger partial charge in [0, 0.05) is 18.7 Å². The summed E-state index contributed by atoms with van der Waals surface area (Å²) in [5.74, 6) is -2.55. The van der Waals surface area contributed by atoms with Crippen molar-refractivity contribution in [1.29, 1.82) is 0 Å². The molecule has 0 bridgehead atoms. The minimum atomic E-state index is -3.11. The zero-order chi connectivity index (χ0) is 25.2. The van der Waals surface area contributed by atoms with Crippen LogP contribution in [-0.2, 0) is 0 Å². The monoisotopic (exact) mass is 516 g/mol. The third kappa shape index (κ3) is 4.52. The molecule has 4 atom stereocenters. The molecule has 3 aromatic rings. The summed E-state index contributed by atoms with van der Waals surface area (Å²) >= 11 is 1.51. The number of hydrogen-bond acceptors (Lipinski definition) is 9. The fourth-order valence-corrected chi connectivity index (χ4v) is 6.13. The molecule has 8 nitrogen and oxygen atoms in total. The fraction of sp³-hybridized carbons (Fsp3) is 0.600. The van der Waals surface area contributed by atoms with Gasteiger partial charge in [-0.15, -0.1) is 11.3 Å². The maximum Gasteiger partial charge on any atom is 0.250 e. The topological polar surface area (TPSA) is 116 Å². The minimum absolute atomic E-state index is 0.0885. The van der Waals surface area contributed by atoms with Crippen LogP contribution in [0.5, 0.6) is 0 Å². The number of aliphatic hydroxyl groups excluding tert-OH is 2. The highest BCUT2D eigenvalue weighted by molar-refractivity contribution is 7.21. The highest BCUT2D eigenvalue weighted by Gasteiger charge is 2.51. The average Bonchev–Trinajstić information content (AvgIpc) is 3.75. The van der Waals surface area contributed by atoms with Gasteiger partial charge in [0.15, 0.2) is 0 Å². The Kier molecular flexibility index (Phi) is 5.84. The van der Waals surface area contributed by atoms with E-state index in [0.29, 0.717) is 39.9 Å². The molecule has 3 aliphatic carbocycles. The van der Waals surface area contributed by atoms with Crippen LogP contribution in [0.15, 0.2) is 12.3 Å². The lowest BCUT2D eigenvalue weighted by Crippen LogP contribution is -2.38. The normalized spacial score (nSPS) is 26.5. The molecule has 3 aromatic heterocycles. The van der Waals surface area contributed by atoms with E-state index >= 15 is 0 Å². The van der Waals surface area contributed by atoms with Crippen molar-refractivity contribution in [3.8, 4) is 10.6 Å². The van der Waals surface area contributed by atoms with Crippen molar-refractivity contribution >= 4 is 33.3 Å². The van der Waals surface area contributed by atoms with E-state index in [2.05, 4.69) is 20.6 Å². The summed E-state index contributed by atoms with van der Waals surface area (Å²) in [6.07, 6.45) is 3.42. The number of anilines is 2. The molecule has 3 saturated carbocycles. The van der Waals surface area contributed by atoms with Gasteiger partial charge in [0.25, 0.3) is 5.92 Å². The van der Waals surface area contributed by atoms with Crippen molar-refractivity contribution in [2.75, 3.05) is 17.2 Å². The number of aryl methyl sites for hydroxylation is 1. The highest BCUT2D eigenvalue weighted by atomic mass is 32.1. The van der Waals surface area contributed by atoms with E-state index in [1.54, 1.807) is 0 Å². The first-order chi connectivity index (χ1) is 17.2. The van der Waals surface area contributed by atoms with Crippen LogP contribution in [-0.4, -0.2) is 60.9 Å². The fourth-order valence-electron chi connectivity index (χ4n) is 5.06. The largest absolute Gasteiger partial charge is 0.390 e. The van der Waals surface area contributed by atoms with E-state index in [0.717, 1.165) is 42.2 Å². The maximum absolute atomic E-state index is 14.1. The summed E-state index contributed by atoms with van der Waals surface area (Å²) < 4.78 is 29.2. The number of rotatable bonds is 8. The molecule has 192 valence electrons. The number of nitrogens with zero attached hydrogens (tertiary/aromatic N) is 4. The Morgan fingerprint density at radius 2 is 1.89 bits per heavy atom. The first-order valence-corrected chi connectivity index (χ1v) is 13.4. The zero-order valence-electron chi connectivity index (χ0n) is 20.2. The third-order valence-corrected chi connectivity index (χ3v) is 8.54. The molecular weight excluding hydrogens is 486 g/mol. The number of pyridine rings is 1. The van der Waals surface area contributed by atoms with Crippen LogP contribution in [0, 0.1) is 18.8 Å². The zero-order valence-corrected chi connectivity index (χ0v) is 21.0. The Hall–Kier alpha value is -2.50. The summed E-state index contributed by atoms with van der Waals surface area (Å²) in [5.41, 5.74) is 3.25. The highest BCUT2D eigenvalue weighted by Crippen LogP contribution is 2.45. The van der Waals surface area contributed by atoms with E-state index in [1.165, 1.54) is 24.2 Å².